The van der Waals surface area contributed by atoms with Crippen LogP contribution in [0.15, 0.2) is 30.3 Å². The van der Waals surface area contributed by atoms with Crippen molar-refractivity contribution in [1.82, 2.24) is 5.32 Å². The minimum absolute atomic E-state index is 0.125. The summed E-state index contributed by atoms with van der Waals surface area (Å²) in [5.41, 5.74) is 0.807. The first-order valence-electron chi connectivity index (χ1n) is 7.04. The molecule has 7 heteroatoms. The van der Waals surface area contributed by atoms with Crippen molar-refractivity contribution in [3.05, 3.63) is 35.9 Å². The monoisotopic (exact) mass is 307 g/mol. The van der Waals surface area contributed by atoms with E-state index in [1.54, 1.807) is 0 Å². The van der Waals surface area contributed by atoms with Gasteiger partial charge in [0.1, 0.15) is 12.2 Å². The molecular weight excluding hydrogens is 290 g/mol. The molecule has 1 aromatic carbocycles. The van der Waals surface area contributed by atoms with E-state index in [0.717, 1.165) is 5.56 Å². The maximum Gasteiger partial charge on any atom is 0.331 e. The van der Waals surface area contributed by atoms with Gasteiger partial charge in [0, 0.05) is 12.5 Å². The van der Waals surface area contributed by atoms with Crippen LogP contribution in [-0.2, 0) is 23.8 Å². The number of aliphatic hydroxyl groups is 1. The summed E-state index contributed by atoms with van der Waals surface area (Å²) in [5.74, 6) is -1.11. The van der Waals surface area contributed by atoms with Gasteiger partial charge in [0.25, 0.3) is 0 Å². The Morgan fingerprint density at radius 3 is 2.73 bits per heavy atom. The van der Waals surface area contributed by atoms with Crippen LogP contribution in [0.2, 0.25) is 0 Å². The van der Waals surface area contributed by atoms with Crippen molar-refractivity contribution in [3.8, 4) is 0 Å². The number of carbonyl (C=O) groups is 2. The maximum absolute atomic E-state index is 11.8. The molecule has 1 aromatic rings. The van der Waals surface area contributed by atoms with E-state index < -0.39 is 42.5 Å². The average Bonchev–Trinajstić information content (AvgIpc) is 2.52. The molecule has 2 N–H and O–H groups in total. The quantitative estimate of drug-likeness (QED) is 0.741. The number of carbonyl (C=O) groups excluding carboxylic acids is 2. The Morgan fingerprint density at radius 1 is 1.32 bits per heavy atom. The molecular formula is C15H17NO6. The SMILES string of the molecule is CC(=O)N[C@@H]1C(=O)O[C@@H]2COC(c3ccccc3)O[C@H]2[C@@H]1O. The molecule has 2 aliphatic rings. The highest BCUT2D eigenvalue weighted by atomic mass is 16.7. The fraction of sp³-hybridized carbons (Fsp3) is 0.467. The first kappa shape index (κ1) is 15.0. The summed E-state index contributed by atoms with van der Waals surface area (Å²) >= 11 is 0. The van der Waals surface area contributed by atoms with Gasteiger partial charge in [-0.3, -0.25) is 4.79 Å². The molecule has 0 saturated carbocycles. The second kappa shape index (κ2) is 6.04. The first-order valence-corrected chi connectivity index (χ1v) is 7.04. The number of benzene rings is 1. The lowest BCUT2D eigenvalue weighted by molar-refractivity contribution is -0.293. The molecule has 2 aliphatic heterocycles. The number of rotatable bonds is 2. The molecule has 1 unspecified atom stereocenters. The third-order valence-electron chi connectivity index (χ3n) is 3.69. The van der Waals surface area contributed by atoms with E-state index in [1.165, 1.54) is 6.92 Å². The lowest BCUT2D eigenvalue weighted by atomic mass is 9.96. The van der Waals surface area contributed by atoms with Crippen molar-refractivity contribution < 1.29 is 28.9 Å². The molecule has 0 aliphatic carbocycles. The highest BCUT2D eigenvalue weighted by molar-refractivity contribution is 5.84. The van der Waals surface area contributed by atoms with Gasteiger partial charge in [0.15, 0.2) is 18.4 Å². The highest BCUT2D eigenvalue weighted by Crippen LogP contribution is 2.32. The Kier molecular flexibility index (Phi) is 4.10. The number of esters is 1. The van der Waals surface area contributed by atoms with Crippen molar-refractivity contribution in [2.75, 3.05) is 6.61 Å². The van der Waals surface area contributed by atoms with Crippen molar-refractivity contribution in [2.45, 2.75) is 37.6 Å². The van der Waals surface area contributed by atoms with Crippen LogP contribution in [0.25, 0.3) is 0 Å². The third-order valence-corrected chi connectivity index (χ3v) is 3.69. The maximum atomic E-state index is 11.8. The van der Waals surface area contributed by atoms with Gasteiger partial charge in [-0.05, 0) is 0 Å². The molecule has 118 valence electrons. The minimum atomic E-state index is -1.19. The molecule has 22 heavy (non-hydrogen) atoms. The zero-order chi connectivity index (χ0) is 15.7. The van der Waals surface area contributed by atoms with E-state index in [4.69, 9.17) is 14.2 Å². The summed E-state index contributed by atoms with van der Waals surface area (Å²) < 4.78 is 16.5. The van der Waals surface area contributed by atoms with Gasteiger partial charge in [0.05, 0.1) is 6.61 Å². The van der Waals surface area contributed by atoms with Crippen molar-refractivity contribution >= 4 is 11.9 Å². The van der Waals surface area contributed by atoms with Crippen LogP contribution < -0.4 is 5.32 Å². The molecule has 5 atom stereocenters. The Bertz CT molecular complexity index is 562. The Morgan fingerprint density at radius 2 is 2.05 bits per heavy atom. The summed E-state index contributed by atoms with van der Waals surface area (Å²) in [6, 6.07) is 8.14. The highest BCUT2D eigenvalue weighted by Gasteiger charge is 2.49. The second-order valence-electron chi connectivity index (χ2n) is 5.32. The van der Waals surface area contributed by atoms with Crippen molar-refractivity contribution in [3.63, 3.8) is 0 Å². The molecule has 1 amide bonds. The standard InChI is InChI=1S/C15H17NO6/c1-8(17)16-11-12(18)13-10(21-14(11)19)7-20-15(22-13)9-5-3-2-4-6-9/h2-6,10-13,15,18H,7H2,1H3,(H,16,17)/t10-,11+,12-,13-,15?/m1/s1. The number of nitrogens with one attached hydrogen (secondary N) is 1. The van der Waals surface area contributed by atoms with Crippen LogP contribution in [0.1, 0.15) is 18.8 Å². The van der Waals surface area contributed by atoms with Crippen molar-refractivity contribution in [2.24, 2.45) is 0 Å². The molecule has 2 saturated heterocycles. The van der Waals surface area contributed by atoms with Crippen LogP contribution >= 0.6 is 0 Å². The fourth-order valence-corrected chi connectivity index (χ4v) is 2.65. The van der Waals surface area contributed by atoms with E-state index in [9.17, 15) is 14.7 Å². The number of amides is 1. The summed E-state index contributed by atoms with van der Waals surface area (Å²) in [7, 11) is 0. The van der Waals surface area contributed by atoms with E-state index in [1.807, 2.05) is 30.3 Å². The van der Waals surface area contributed by atoms with Gasteiger partial charge in [-0.1, -0.05) is 30.3 Å². The normalized spacial score (nSPS) is 34.5. The fourth-order valence-electron chi connectivity index (χ4n) is 2.65. The number of hydrogen-bond acceptors (Lipinski definition) is 6. The number of hydrogen-bond donors (Lipinski definition) is 2. The average molecular weight is 307 g/mol. The molecule has 2 heterocycles. The van der Waals surface area contributed by atoms with Crippen LogP contribution in [-0.4, -0.2) is 47.9 Å². The van der Waals surface area contributed by atoms with Gasteiger partial charge < -0.3 is 24.6 Å². The summed E-state index contributed by atoms with van der Waals surface area (Å²) in [6.45, 7) is 1.39. The summed E-state index contributed by atoms with van der Waals surface area (Å²) in [5, 5.41) is 12.7. The van der Waals surface area contributed by atoms with E-state index in [2.05, 4.69) is 5.32 Å². The first-order chi connectivity index (χ1) is 10.6. The van der Waals surface area contributed by atoms with E-state index in [0.29, 0.717) is 0 Å². The van der Waals surface area contributed by atoms with Gasteiger partial charge in [0.2, 0.25) is 5.91 Å². The molecule has 7 nitrogen and oxygen atoms in total. The molecule has 3 rings (SSSR count). The van der Waals surface area contributed by atoms with Crippen LogP contribution in [0.4, 0.5) is 0 Å². The van der Waals surface area contributed by atoms with Crippen LogP contribution in [0, 0.1) is 0 Å². The number of fused-ring (bicyclic) bond motifs is 1. The molecule has 0 radical (unpaired) electrons. The van der Waals surface area contributed by atoms with Crippen LogP contribution in [0.5, 0.6) is 0 Å². The Hall–Kier alpha value is -1.96. The van der Waals surface area contributed by atoms with E-state index >= 15 is 0 Å². The molecule has 0 spiro atoms. The minimum Gasteiger partial charge on any atom is -0.455 e. The number of aliphatic hydroxyl groups excluding tert-OH is 1. The van der Waals surface area contributed by atoms with Crippen molar-refractivity contribution in [1.29, 1.82) is 0 Å². The Labute approximate surface area is 127 Å². The molecule has 0 aromatic heterocycles. The zero-order valence-electron chi connectivity index (χ0n) is 12.0. The summed E-state index contributed by atoms with van der Waals surface area (Å²) in [4.78, 5) is 23.0. The zero-order valence-corrected chi connectivity index (χ0v) is 12.0. The van der Waals surface area contributed by atoms with Gasteiger partial charge in [-0.2, -0.15) is 0 Å². The predicted octanol–water partition coefficient (Wildman–Crippen LogP) is -0.108. The smallest absolute Gasteiger partial charge is 0.331 e. The lowest BCUT2D eigenvalue weighted by Crippen LogP contribution is -2.64. The molecule has 0 bridgehead atoms. The van der Waals surface area contributed by atoms with Gasteiger partial charge in [-0.25, -0.2) is 4.79 Å². The lowest BCUT2D eigenvalue weighted by Gasteiger charge is -2.43. The van der Waals surface area contributed by atoms with Gasteiger partial charge >= 0.3 is 5.97 Å². The van der Waals surface area contributed by atoms with E-state index in [-0.39, 0.29) is 6.61 Å². The largest absolute Gasteiger partial charge is 0.455 e. The second-order valence-corrected chi connectivity index (χ2v) is 5.32. The van der Waals surface area contributed by atoms with Gasteiger partial charge in [-0.15, -0.1) is 0 Å². The molecule has 2 fully saturated rings. The number of ether oxygens (including phenoxy) is 3. The summed E-state index contributed by atoms with van der Waals surface area (Å²) in [6.07, 6.45) is -3.28. The third kappa shape index (κ3) is 2.83. The topological polar surface area (TPSA) is 94.1 Å². The predicted molar refractivity (Wildman–Crippen MR) is 73.5 cm³/mol. The van der Waals surface area contributed by atoms with Crippen LogP contribution in [0.3, 0.4) is 0 Å². The Balaban J connectivity index is 1.76.